The zero-order chi connectivity index (χ0) is 23.0. The van der Waals surface area contributed by atoms with Crippen molar-refractivity contribution in [2.75, 3.05) is 45.1 Å². The second kappa shape index (κ2) is 11.7. The number of likely N-dealkylation sites (N-methyl/N-ethyl adjacent to an activating group) is 1. The van der Waals surface area contributed by atoms with Crippen molar-refractivity contribution >= 4 is 33.8 Å². The van der Waals surface area contributed by atoms with Gasteiger partial charge in [0.15, 0.2) is 0 Å². The van der Waals surface area contributed by atoms with Crippen LogP contribution in [0, 0.1) is 0 Å². The molecule has 2 aromatic heterocycles. The monoisotopic (exact) mass is 482 g/mol. The van der Waals surface area contributed by atoms with E-state index < -0.39 is 0 Å². The number of nitrogens with one attached hydrogen (secondary N) is 1. The third-order valence-electron chi connectivity index (χ3n) is 6.06. The Bertz CT molecular complexity index is 1060. The number of carbonyl (C=O) groups is 1. The van der Waals surface area contributed by atoms with Crippen molar-refractivity contribution in [3.63, 3.8) is 0 Å². The number of anilines is 1. The fraction of sp³-hybridized carbons (Fsp3) is 0.385. The third kappa shape index (κ3) is 7.37. The molecule has 0 radical (unpaired) electrons. The van der Waals surface area contributed by atoms with Gasteiger partial charge in [0.05, 0.1) is 11.4 Å². The standard InChI is InChI=1S/C26H31ClN4OS/c1-30-11-13-31(14-12-30)10-3-2-5-20-6-4-7-21(15-20)16-25(32)29-26-18-23(19-33-26)22-8-9-28-24(27)17-22/h4,6-9,15,17-19H,2-3,5,10-14,16H2,1H3,(H,29,32). The molecule has 4 rings (SSSR count). The van der Waals surface area contributed by atoms with E-state index in [1.807, 2.05) is 29.6 Å². The third-order valence-corrected chi connectivity index (χ3v) is 7.12. The maximum atomic E-state index is 12.6. The Morgan fingerprint density at radius 1 is 1.06 bits per heavy atom. The number of piperazine rings is 1. The summed E-state index contributed by atoms with van der Waals surface area (Å²) in [6.07, 6.45) is 5.53. The second-order valence-corrected chi connectivity index (χ2v) is 10.0. The van der Waals surface area contributed by atoms with Crippen LogP contribution in [-0.2, 0) is 17.6 Å². The van der Waals surface area contributed by atoms with Gasteiger partial charge in [0.2, 0.25) is 5.91 Å². The van der Waals surface area contributed by atoms with Crippen molar-refractivity contribution < 1.29 is 4.79 Å². The number of aromatic nitrogens is 1. The molecule has 1 aliphatic heterocycles. The highest BCUT2D eigenvalue weighted by Crippen LogP contribution is 2.30. The van der Waals surface area contributed by atoms with Crippen LogP contribution in [0.1, 0.15) is 24.0 Å². The Morgan fingerprint density at radius 3 is 2.70 bits per heavy atom. The van der Waals surface area contributed by atoms with E-state index in [9.17, 15) is 4.79 Å². The Hall–Kier alpha value is -2.25. The number of nitrogens with zero attached hydrogens (tertiary/aromatic N) is 3. The molecule has 0 aliphatic carbocycles. The second-order valence-electron chi connectivity index (χ2n) is 8.71. The van der Waals surface area contributed by atoms with Crippen molar-refractivity contribution in [1.82, 2.24) is 14.8 Å². The molecular weight excluding hydrogens is 452 g/mol. The number of rotatable bonds is 9. The van der Waals surface area contributed by atoms with E-state index in [2.05, 4.69) is 45.3 Å². The number of hydrogen-bond donors (Lipinski definition) is 1. The SMILES string of the molecule is CN1CCN(CCCCc2cccc(CC(=O)Nc3cc(-c4ccnc(Cl)c4)cs3)c2)CC1. The van der Waals surface area contributed by atoms with Gasteiger partial charge in [-0.1, -0.05) is 35.9 Å². The first-order chi connectivity index (χ1) is 16.0. The largest absolute Gasteiger partial charge is 0.317 e. The summed E-state index contributed by atoms with van der Waals surface area (Å²) in [5, 5.41) is 6.34. The minimum absolute atomic E-state index is 0.00313. The quantitative estimate of drug-likeness (QED) is 0.336. The van der Waals surface area contributed by atoms with Gasteiger partial charge in [-0.15, -0.1) is 11.3 Å². The van der Waals surface area contributed by atoms with Crippen LogP contribution in [-0.4, -0.2) is 60.5 Å². The van der Waals surface area contributed by atoms with Gasteiger partial charge >= 0.3 is 0 Å². The van der Waals surface area contributed by atoms with Gasteiger partial charge in [0, 0.05) is 37.8 Å². The molecule has 0 saturated carbocycles. The fourth-order valence-corrected chi connectivity index (χ4v) is 5.13. The van der Waals surface area contributed by atoms with Gasteiger partial charge in [0.25, 0.3) is 0 Å². The molecule has 1 saturated heterocycles. The molecule has 1 amide bonds. The Kier molecular flexibility index (Phi) is 8.51. The molecule has 1 aliphatic rings. The molecule has 1 N–H and O–H groups in total. The zero-order valence-electron chi connectivity index (χ0n) is 19.1. The highest BCUT2D eigenvalue weighted by molar-refractivity contribution is 7.14. The van der Waals surface area contributed by atoms with Crippen LogP contribution in [0.4, 0.5) is 5.00 Å². The molecule has 7 heteroatoms. The lowest BCUT2D eigenvalue weighted by molar-refractivity contribution is -0.115. The Balaban J connectivity index is 1.23. The molecule has 1 fully saturated rings. The molecule has 3 heterocycles. The van der Waals surface area contributed by atoms with Crippen LogP contribution in [0.15, 0.2) is 54.0 Å². The lowest BCUT2D eigenvalue weighted by Crippen LogP contribution is -2.44. The number of pyridine rings is 1. The maximum absolute atomic E-state index is 12.6. The topological polar surface area (TPSA) is 48.5 Å². The summed E-state index contributed by atoms with van der Waals surface area (Å²) in [6.45, 7) is 5.90. The van der Waals surface area contributed by atoms with Gasteiger partial charge < -0.3 is 15.1 Å². The molecule has 5 nitrogen and oxygen atoms in total. The molecule has 174 valence electrons. The summed E-state index contributed by atoms with van der Waals surface area (Å²) in [5.41, 5.74) is 4.39. The number of halogens is 1. The first-order valence-corrected chi connectivity index (χ1v) is 12.8. The first kappa shape index (κ1) is 23.9. The summed E-state index contributed by atoms with van der Waals surface area (Å²) in [4.78, 5) is 21.6. The minimum atomic E-state index is 0.00313. The average molecular weight is 483 g/mol. The van der Waals surface area contributed by atoms with Crippen molar-refractivity contribution in [3.8, 4) is 11.1 Å². The highest BCUT2D eigenvalue weighted by Gasteiger charge is 2.13. The number of carbonyl (C=O) groups excluding carboxylic acids is 1. The predicted molar refractivity (Wildman–Crippen MR) is 138 cm³/mol. The molecular formula is C26H31ClN4OS. The molecule has 0 spiro atoms. The molecule has 1 aromatic carbocycles. The van der Waals surface area contributed by atoms with Crippen LogP contribution in [0.5, 0.6) is 0 Å². The lowest BCUT2D eigenvalue weighted by Gasteiger charge is -2.32. The molecule has 0 unspecified atom stereocenters. The summed E-state index contributed by atoms with van der Waals surface area (Å²) >= 11 is 7.50. The van der Waals surface area contributed by atoms with Crippen molar-refractivity contribution in [2.24, 2.45) is 0 Å². The van der Waals surface area contributed by atoms with E-state index in [-0.39, 0.29) is 5.91 Å². The van der Waals surface area contributed by atoms with Crippen molar-refractivity contribution in [2.45, 2.75) is 25.7 Å². The van der Waals surface area contributed by atoms with Crippen LogP contribution < -0.4 is 5.32 Å². The summed E-state index contributed by atoms with van der Waals surface area (Å²) in [5.74, 6) is 0.00313. The summed E-state index contributed by atoms with van der Waals surface area (Å²) < 4.78 is 0. The van der Waals surface area contributed by atoms with Crippen molar-refractivity contribution in [1.29, 1.82) is 0 Å². The summed E-state index contributed by atoms with van der Waals surface area (Å²) in [6, 6.07) is 14.2. The van der Waals surface area contributed by atoms with Crippen LogP contribution in [0.3, 0.4) is 0 Å². The molecule has 0 bridgehead atoms. The van der Waals surface area contributed by atoms with Crippen LogP contribution in [0.2, 0.25) is 5.15 Å². The van der Waals surface area contributed by atoms with E-state index in [0.29, 0.717) is 11.6 Å². The smallest absolute Gasteiger partial charge is 0.229 e. The number of aryl methyl sites for hydroxylation is 1. The molecule has 3 aromatic rings. The average Bonchev–Trinajstić information content (AvgIpc) is 3.26. The van der Waals surface area contributed by atoms with Gasteiger partial charge in [0.1, 0.15) is 5.15 Å². The van der Waals surface area contributed by atoms with E-state index in [1.165, 1.54) is 62.5 Å². The van der Waals surface area contributed by atoms with E-state index in [4.69, 9.17) is 11.6 Å². The van der Waals surface area contributed by atoms with Gasteiger partial charge in [-0.05, 0) is 73.3 Å². The zero-order valence-corrected chi connectivity index (χ0v) is 20.7. The van der Waals surface area contributed by atoms with Gasteiger partial charge in [-0.25, -0.2) is 4.98 Å². The van der Waals surface area contributed by atoms with E-state index in [0.717, 1.165) is 28.1 Å². The maximum Gasteiger partial charge on any atom is 0.229 e. The van der Waals surface area contributed by atoms with Crippen molar-refractivity contribution in [3.05, 3.63) is 70.3 Å². The first-order valence-electron chi connectivity index (χ1n) is 11.5. The van der Waals surface area contributed by atoms with Crippen LogP contribution >= 0.6 is 22.9 Å². The Labute approximate surface area is 205 Å². The Morgan fingerprint density at radius 2 is 1.88 bits per heavy atom. The van der Waals surface area contributed by atoms with Gasteiger partial charge in [-0.2, -0.15) is 0 Å². The molecule has 33 heavy (non-hydrogen) atoms. The predicted octanol–water partition coefficient (Wildman–Crippen LogP) is 5.21. The number of thiophene rings is 1. The number of hydrogen-bond acceptors (Lipinski definition) is 5. The van der Waals surface area contributed by atoms with E-state index in [1.54, 1.807) is 6.20 Å². The fourth-order valence-electron chi connectivity index (χ4n) is 4.13. The number of unbranched alkanes of at least 4 members (excludes halogenated alkanes) is 1. The normalized spacial score (nSPS) is 15.0. The lowest BCUT2D eigenvalue weighted by atomic mass is 10.0. The minimum Gasteiger partial charge on any atom is -0.317 e. The molecule has 0 atom stereocenters. The summed E-state index contributed by atoms with van der Waals surface area (Å²) in [7, 11) is 2.20. The van der Waals surface area contributed by atoms with Crippen LogP contribution in [0.25, 0.3) is 11.1 Å². The highest BCUT2D eigenvalue weighted by atomic mass is 35.5. The number of amides is 1. The number of benzene rings is 1. The van der Waals surface area contributed by atoms with Gasteiger partial charge in [-0.3, -0.25) is 4.79 Å². The van der Waals surface area contributed by atoms with E-state index >= 15 is 0 Å².